The molecule has 1 aromatic carbocycles. The average Bonchev–Trinajstić information content (AvgIpc) is 2.99. The van der Waals surface area contributed by atoms with Gasteiger partial charge in [-0.1, -0.05) is 11.2 Å². The fraction of sp³-hybridized carbons (Fsp3) is 0.273. The van der Waals surface area contributed by atoms with Gasteiger partial charge in [-0.3, -0.25) is 0 Å². The Bertz CT molecular complexity index is 514. The second-order valence-corrected chi connectivity index (χ2v) is 3.94. The first kappa shape index (κ1) is 9.33. The Morgan fingerprint density at radius 3 is 2.88 bits per heavy atom. The molecule has 0 radical (unpaired) electrons. The molecule has 0 unspecified atom stereocenters. The first-order chi connectivity index (χ1) is 7.75. The van der Waals surface area contributed by atoms with Crippen molar-refractivity contribution < 1.29 is 8.91 Å². The van der Waals surface area contributed by atoms with Crippen molar-refractivity contribution in [1.82, 2.24) is 10.1 Å². The minimum absolute atomic E-state index is 0.164. The standard InChI is InChI=1S/C11H10FN3O/c12-7-2-1-3-8(13)9(7)11-14-10(15-16-11)6-4-5-6/h1-3,6H,4-5,13H2. The van der Waals surface area contributed by atoms with Crippen LogP contribution in [0.5, 0.6) is 0 Å². The highest BCUT2D eigenvalue weighted by Crippen LogP contribution is 2.39. The van der Waals surface area contributed by atoms with Gasteiger partial charge in [0.05, 0.1) is 5.56 Å². The summed E-state index contributed by atoms with van der Waals surface area (Å²) in [6.45, 7) is 0. The largest absolute Gasteiger partial charge is 0.398 e. The molecule has 16 heavy (non-hydrogen) atoms. The molecule has 2 N–H and O–H groups in total. The lowest BCUT2D eigenvalue weighted by molar-refractivity contribution is 0.420. The Labute approximate surface area is 91.3 Å². The lowest BCUT2D eigenvalue weighted by Crippen LogP contribution is -1.93. The maximum Gasteiger partial charge on any atom is 0.263 e. The zero-order chi connectivity index (χ0) is 11.1. The Morgan fingerprint density at radius 1 is 1.38 bits per heavy atom. The zero-order valence-corrected chi connectivity index (χ0v) is 8.48. The number of nitrogens with zero attached hydrogens (tertiary/aromatic N) is 2. The van der Waals surface area contributed by atoms with E-state index in [0.29, 0.717) is 17.4 Å². The summed E-state index contributed by atoms with van der Waals surface area (Å²) in [7, 11) is 0. The van der Waals surface area contributed by atoms with E-state index in [4.69, 9.17) is 10.3 Å². The quantitative estimate of drug-likeness (QED) is 0.787. The van der Waals surface area contributed by atoms with E-state index in [1.807, 2.05) is 0 Å². The summed E-state index contributed by atoms with van der Waals surface area (Å²) in [6, 6.07) is 4.48. The summed E-state index contributed by atoms with van der Waals surface area (Å²) in [6.07, 6.45) is 2.15. The maximum absolute atomic E-state index is 13.6. The third-order valence-corrected chi connectivity index (χ3v) is 2.64. The highest BCUT2D eigenvalue weighted by atomic mass is 19.1. The Kier molecular flexibility index (Phi) is 1.92. The van der Waals surface area contributed by atoms with Crippen LogP contribution in [0.15, 0.2) is 22.7 Å². The van der Waals surface area contributed by atoms with Crippen molar-refractivity contribution in [3.05, 3.63) is 29.8 Å². The van der Waals surface area contributed by atoms with Crippen LogP contribution in [-0.2, 0) is 0 Å². The normalized spacial score (nSPS) is 15.3. The lowest BCUT2D eigenvalue weighted by Gasteiger charge is -2.00. The first-order valence-corrected chi connectivity index (χ1v) is 5.13. The van der Waals surface area contributed by atoms with Gasteiger partial charge in [0.15, 0.2) is 5.82 Å². The van der Waals surface area contributed by atoms with Gasteiger partial charge in [-0.15, -0.1) is 0 Å². The molecule has 1 aliphatic carbocycles. The van der Waals surface area contributed by atoms with E-state index in [1.54, 1.807) is 12.1 Å². The van der Waals surface area contributed by atoms with E-state index < -0.39 is 5.82 Å². The molecule has 1 aliphatic rings. The minimum Gasteiger partial charge on any atom is -0.398 e. The van der Waals surface area contributed by atoms with E-state index in [1.165, 1.54) is 6.07 Å². The van der Waals surface area contributed by atoms with Gasteiger partial charge in [-0.25, -0.2) is 4.39 Å². The molecule has 0 bridgehead atoms. The summed E-state index contributed by atoms with van der Waals surface area (Å²) in [5, 5.41) is 3.83. The topological polar surface area (TPSA) is 64.9 Å². The molecule has 2 aromatic rings. The van der Waals surface area contributed by atoms with Gasteiger partial charge in [-0.05, 0) is 25.0 Å². The van der Waals surface area contributed by atoms with E-state index >= 15 is 0 Å². The highest BCUT2D eigenvalue weighted by molar-refractivity contribution is 5.70. The molecule has 0 amide bonds. The van der Waals surface area contributed by atoms with Gasteiger partial charge in [0.2, 0.25) is 0 Å². The smallest absolute Gasteiger partial charge is 0.263 e. The number of anilines is 1. The van der Waals surface area contributed by atoms with E-state index in [0.717, 1.165) is 12.8 Å². The molecule has 0 saturated heterocycles. The number of nitrogens with two attached hydrogens (primary N) is 1. The van der Waals surface area contributed by atoms with Crippen LogP contribution in [0.4, 0.5) is 10.1 Å². The molecule has 0 atom stereocenters. The SMILES string of the molecule is Nc1cccc(F)c1-c1nc(C2CC2)no1. The summed E-state index contributed by atoms with van der Waals surface area (Å²) in [5.74, 6) is 0.756. The Hall–Kier alpha value is -1.91. The molecular formula is C11H10FN3O. The van der Waals surface area contributed by atoms with Gasteiger partial charge < -0.3 is 10.3 Å². The van der Waals surface area contributed by atoms with Crippen molar-refractivity contribution in [3.8, 4) is 11.5 Å². The van der Waals surface area contributed by atoms with Gasteiger partial charge >= 0.3 is 0 Å². The van der Waals surface area contributed by atoms with Crippen molar-refractivity contribution in [3.63, 3.8) is 0 Å². The van der Waals surface area contributed by atoms with Gasteiger partial charge in [-0.2, -0.15) is 4.98 Å². The highest BCUT2D eigenvalue weighted by Gasteiger charge is 2.29. The van der Waals surface area contributed by atoms with Crippen LogP contribution >= 0.6 is 0 Å². The molecule has 0 spiro atoms. The van der Waals surface area contributed by atoms with Crippen LogP contribution in [0.1, 0.15) is 24.6 Å². The number of hydrogen-bond donors (Lipinski definition) is 1. The maximum atomic E-state index is 13.6. The fourth-order valence-corrected chi connectivity index (χ4v) is 1.61. The van der Waals surface area contributed by atoms with Crippen LogP contribution in [0.2, 0.25) is 0 Å². The summed E-state index contributed by atoms with van der Waals surface area (Å²) in [4.78, 5) is 4.17. The van der Waals surface area contributed by atoms with Crippen LogP contribution in [0, 0.1) is 5.82 Å². The number of rotatable bonds is 2. The zero-order valence-electron chi connectivity index (χ0n) is 8.48. The van der Waals surface area contributed by atoms with Crippen molar-refractivity contribution in [2.75, 3.05) is 5.73 Å². The van der Waals surface area contributed by atoms with Crippen molar-refractivity contribution in [2.45, 2.75) is 18.8 Å². The molecule has 5 heteroatoms. The lowest BCUT2D eigenvalue weighted by atomic mass is 10.1. The third kappa shape index (κ3) is 1.44. The van der Waals surface area contributed by atoms with Crippen molar-refractivity contribution >= 4 is 5.69 Å². The van der Waals surface area contributed by atoms with Crippen LogP contribution in [0.25, 0.3) is 11.5 Å². The number of nitrogen functional groups attached to an aromatic ring is 1. The first-order valence-electron chi connectivity index (χ1n) is 5.13. The number of hydrogen-bond acceptors (Lipinski definition) is 4. The van der Waals surface area contributed by atoms with Crippen LogP contribution in [-0.4, -0.2) is 10.1 Å². The van der Waals surface area contributed by atoms with Crippen LogP contribution in [0.3, 0.4) is 0 Å². The molecule has 0 aliphatic heterocycles. The predicted octanol–water partition coefficient (Wildman–Crippen LogP) is 2.34. The molecule has 82 valence electrons. The second kappa shape index (κ2) is 3.30. The Morgan fingerprint density at radius 2 is 2.19 bits per heavy atom. The number of aromatic nitrogens is 2. The van der Waals surface area contributed by atoms with E-state index in [-0.39, 0.29) is 11.5 Å². The molecule has 1 saturated carbocycles. The second-order valence-electron chi connectivity index (χ2n) is 3.94. The summed E-state index contributed by atoms with van der Waals surface area (Å²) >= 11 is 0. The molecule has 1 fully saturated rings. The average molecular weight is 219 g/mol. The molecule has 1 heterocycles. The minimum atomic E-state index is -0.439. The Balaban J connectivity index is 2.06. The molecule has 4 nitrogen and oxygen atoms in total. The van der Waals surface area contributed by atoms with Gasteiger partial charge in [0.1, 0.15) is 5.82 Å². The van der Waals surface area contributed by atoms with Gasteiger partial charge in [0.25, 0.3) is 5.89 Å². The van der Waals surface area contributed by atoms with E-state index in [2.05, 4.69) is 10.1 Å². The molecular weight excluding hydrogens is 209 g/mol. The predicted molar refractivity (Wildman–Crippen MR) is 56.1 cm³/mol. The molecule has 3 rings (SSSR count). The van der Waals surface area contributed by atoms with Gasteiger partial charge in [0, 0.05) is 11.6 Å². The fourth-order valence-electron chi connectivity index (χ4n) is 1.61. The number of halogens is 1. The summed E-state index contributed by atoms with van der Waals surface area (Å²) < 4.78 is 18.6. The summed E-state index contributed by atoms with van der Waals surface area (Å²) in [5.41, 5.74) is 6.19. The third-order valence-electron chi connectivity index (χ3n) is 2.64. The van der Waals surface area contributed by atoms with Crippen molar-refractivity contribution in [1.29, 1.82) is 0 Å². The molecule has 1 aromatic heterocycles. The van der Waals surface area contributed by atoms with Crippen LogP contribution < -0.4 is 5.73 Å². The van der Waals surface area contributed by atoms with Crippen molar-refractivity contribution in [2.24, 2.45) is 0 Å². The van der Waals surface area contributed by atoms with E-state index in [9.17, 15) is 4.39 Å². The number of benzene rings is 1. The monoisotopic (exact) mass is 219 g/mol.